The van der Waals surface area contributed by atoms with E-state index in [4.69, 9.17) is 9.47 Å². The first-order chi connectivity index (χ1) is 13.5. The Bertz CT molecular complexity index is 960. The first kappa shape index (κ1) is 19.4. The molecule has 144 valence electrons. The summed E-state index contributed by atoms with van der Waals surface area (Å²) in [7, 11) is 2.90. The summed E-state index contributed by atoms with van der Waals surface area (Å²) in [5.41, 5.74) is 2.95. The Balaban J connectivity index is 2.08. The van der Waals surface area contributed by atoms with Gasteiger partial charge in [-0.05, 0) is 43.2 Å². The van der Waals surface area contributed by atoms with Crippen molar-refractivity contribution in [2.45, 2.75) is 19.9 Å². The Kier molecular flexibility index (Phi) is 5.64. The van der Waals surface area contributed by atoms with Crippen molar-refractivity contribution in [1.82, 2.24) is 4.90 Å². The minimum Gasteiger partial charge on any atom is -0.497 e. The minimum atomic E-state index is -0.525. The van der Waals surface area contributed by atoms with E-state index >= 15 is 0 Å². The third-order valence-corrected chi connectivity index (χ3v) is 4.91. The molecule has 5 nitrogen and oxygen atoms in total. The zero-order chi connectivity index (χ0) is 20.3. The molecule has 1 aliphatic heterocycles. The Morgan fingerprint density at radius 1 is 1.07 bits per heavy atom. The molecule has 0 fully saturated rings. The fraction of sp³-hybridized carbons (Fsp3) is 0.217. The quantitative estimate of drug-likeness (QED) is 0.581. The standard InChI is InChI=1S/C23H23NO4/c1-15(18-10-6-5-7-11-18)24-16(2)21(23(26)28-4)20(22(24)25)14-17-9-8-12-19(13-17)27-3/h5-15H,1-4H3/b20-14-/t15-/m0/s1. The summed E-state index contributed by atoms with van der Waals surface area (Å²) in [6.45, 7) is 3.72. The van der Waals surface area contributed by atoms with Gasteiger partial charge in [-0.25, -0.2) is 4.79 Å². The van der Waals surface area contributed by atoms with Crippen molar-refractivity contribution in [2.75, 3.05) is 14.2 Å². The van der Waals surface area contributed by atoms with Crippen LogP contribution in [0.2, 0.25) is 0 Å². The summed E-state index contributed by atoms with van der Waals surface area (Å²) < 4.78 is 10.2. The van der Waals surface area contributed by atoms with Gasteiger partial charge in [0.25, 0.3) is 5.91 Å². The topological polar surface area (TPSA) is 55.8 Å². The van der Waals surface area contributed by atoms with Gasteiger partial charge < -0.3 is 14.4 Å². The van der Waals surface area contributed by atoms with Crippen molar-refractivity contribution < 1.29 is 19.1 Å². The molecule has 2 aromatic rings. The van der Waals surface area contributed by atoms with Gasteiger partial charge in [0.2, 0.25) is 0 Å². The van der Waals surface area contributed by atoms with E-state index in [0.29, 0.717) is 17.0 Å². The Labute approximate surface area is 164 Å². The molecular weight excluding hydrogens is 354 g/mol. The molecule has 0 aromatic heterocycles. The molecule has 0 aliphatic carbocycles. The number of methoxy groups -OCH3 is 2. The second-order valence-electron chi connectivity index (χ2n) is 6.55. The Morgan fingerprint density at radius 2 is 1.79 bits per heavy atom. The summed E-state index contributed by atoms with van der Waals surface area (Å²) in [5.74, 6) is -0.0746. The van der Waals surface area contributed by atoms with E-state index in [1.165, 1.54) is 7.11 Å². The molecule has 28 heavy (non-hydrogen) atoms. The number of allylic oxidation sites excluding steroid dienone is 1. The van der Waals surface area contributed by atoms with E-state index in [1.54, 1.807) is 25.0 Å². The number of rotatable bonds is 5. The molecule has 0 N–H and O–H groups in total. The third kappa shape index (κ3) is 3.56. The van der Waals surface area contributed by atoms with Crippen molar-refractivity contribution in [3.05, 3.63) is 82.6 Å². The van der Waals surface area contributed by atoms with Gasteiger partial charge in [-0.15, -0.1) is 0 Å². The first-order valence-corrected chi connectivity index (χ1v) is 9.01. The lowest BCUT2D eigenvalue weighted by Gasteiger charge is -2.26. The van der Waals surface area contributed by atoms with E-state index in [0.717, 1.165) is 11.1 Å². The summed E-state index contributed by atoms with van der Waals surface area (Å²) in [6, 6.07) is 16.8. The highest BCUT2D eigenvalue weighted by molar-refractivity contribution is 6.16. The number of nitrogens with zero attached hydrogens (tertiary/aromatic N) is 1. The van der Waals surface area contributed by atoms with Gasteiger partial charge in [-0.1, -0.05) is 42.5 Å². The van der Waals surface area contributed by atoms with Gasteiger partial charge in [-0.3, -0.25) is 4.79 Å². The summed E-state index contributed by atoms with van der Waals surface area (Å²) in [5, 5.41) is 0. The van der Waals surface area contributed by atoms with Gasteiger partial charge in [0.15, 0.2) is 0 Å². The molecule has 1 aliphatic rings. The molecule has 0 saturated carbocycles. The first-order valence-electron chi connectivity index (χ1n) is 9.01. The van der Waals surface area contributed by atoms with Crippen LogP contribution in [0.3, 0.4) is 0 Å². The normalized spacial score (nSPS) is 16.5. The largest absolute Gasteiger partial charge is 0.497 e. The fourth-order valence-electron chi connectivity index (χ4n) is 3.44. The Hall–Kier alpha value is -3.34. The van der Waals surface area contributed by atoms with Crippen LogP contribution in [0.15, 0.2) is 71.4 Å². The molecular formula is C23H23NO4. The molecule has 0 saturated heterocycles. The minimum absolute atomic E-state index is 0.218. The van der Waals surface area contributed by atoms with Gasteiger partial charge in [0, 0.05) is 5.70 Å². The number of benzene rings is 2. The molecule has 1 amide bonds. The van der Waals surface area contributed by atoms with Crippen molar-refractivity contribution in [1.29, 1.82) is 0 Å². The van der Waals surface area contributed by atoms with E-state index < -0.39 is 5.97 Å². The predicted molar refractivity (Wildman–Crippen MR) is 107 cm³/mol. The zero-order valence-electron chi connectivity index (χ0n) is 16.4. The lowest BCUT2D eigenvalue weighted by atomic mass is 10.0. The number of ether oxygens (including phenoxy) is 2. The van der Waals surface area contributed by atoms with E-state index in [9.17, 15) is 9.59 Å². The Morgan fingerprint density at radius 3 is 2.43 bits per heavy atom. The van der Waals surface area contributed by atoms with Crippen LogP contribution in [0.25, 0.3) is 6.08 Å². The maximum atomic E-state index is 13.3. The van der Waals surface area contributed by atoms with Crippen LogP contribution in [0, 0.1) is 0 Å². The number of esters is 1. The fourth-order valence-corrected chi connectivity index (χ4v) is 3.44. The van der Waals surface area contributed by atoms with Gasteiger partial charge in [0.05, 0.1) is 31.4 Å². The number of amides is 1. The van der Waals surface area contributed by atoms with Crippen molar-refractivity contribution >= 4 is 18.0 Å². The number of carbonyl (C=O) groups is 2. The van der Waals surface area contributed by atoms with Crippen LogP contribution in [0.4, 0.5) is 0 Å². The lowest BCUT2D eigenvalue weighted by Crippen LogP contribution is -2.28. The van der Waals surface area contributed by atoms with Crippen LogP contribution in [0.1, 0.15) is 31.0 Å². The molecule has 0 radical (unpaired) electrons. The van der Waals surface area contributed by atoms with Gasteiger partial charge >= 0.3 is 5.97 Å². The molecule has 0 unspecified atom stereocenters. The monoisotopic (exact) mass is 377 g/mol. The molecule has 5 heteroatoms. The second kappa shape index (κ2) is 8.13. The lowest BCUT2D eigenvalue weighted by molar-refractivity contribution is -0.136. The van der Waals surface area contributed by atoms with E-state index in [1.807, 2.05) is 61.5 Å². The van der Waals surface area contributed by atoms with Crippen LogP contribution in [-0.2, 0) is 14.3 Å². The summed E-state index contributed by atoms with van der Waals surface area (Å²) in [6.07, 6.45) is 1.71. The maximum Gasteiger partial charge on any atom is 0.340 e. The molecule has 0 bridgehead atoms. The van der Waals surface area contributed by atoms with E-state index in [-0.39, 0.29) is 17.5 Å². The van der Waals surface area contributed by atoms with Crippen LogP contribution < -0.4 is 4.74 Å². The number of hydrogen-bond acceptors (Lipinski definition) is 4. The van der Waals surface area contributed by atoms with Crippen LogP contribution in [-0.4, -0.2) is 31.0 Å². The highest BCUT2D eigenvalue weighted by atomic mass is 16.5. The van der Waals surface area contributed by atoms with Gasteiger partial charge in [-0.2, -0.15) is 0 Å². The average Bonchev–Trinajstić information content (AvgIpc) is 2.97. The summed E-state index contributed by atoms with van der Waals surface area (Å²) >= 11 is 0. The number of hydrogen-bond donors (Lipinski definition) is 0. The highest BCUT2D eigenvalue weighted by Gasteiger charge is 2.39. The van der Waals surface area contributed by atoms with Crippen LogP contribution in [0.5, 0.6) is 5.75 Å². The average molecular weight is 377 g/mol. The molecule has 0 spiro atoms. The molecule has 3 rings (SSSR count). The summed E-state index contributed by atoms with van der Waals surface area (Å²) in [4.78, 5) is 27.4. The van der Waals surface area contributed by atoms with Crippen molar-refractivity contribution in [3.8, 4) is 5.75 Å². The molecule has 2 aromatic carbocycles. The third-order valence-electron chi connectivity index (χ3n) is 4.91. The predicted octanol–water partition coefficient (Wildman–Crippen LogP) is 4.13. The highest BCUT2D eigenvalue weighted by Crippen LogP contribution is 2.37. The molecule has 1 atom stereocenters. The van der Waals surface area contributed by atoms with Crippen LogP contribution >= 0.6 is 0 Å². The van der Waals surface area contributed by atoms with Crippen molar-refractivity contribution in [2.24, 2.45) is 0 Å². The smallest absolute Gasteiger partial charge is 0.340 e. The maximum absolute atomic E-state index is 13.3. The van der Waals surface area contributed by atoms with E-state index in [2.05, 4.69) is 0 Å². The van der Waals surface area contributed by atoms with Gasteiger partial charge in [0.1, 0.15) is 5.75 Å². The second-order valence-corrected chi connectivity index (χ2v) is 6.55. The molecule has 1 heterocycles. The van der Waals surface area contributed by atoms with Crippen molar-refractivity contribution in [3.63, 3.8) is 0 Å². The number of carbonyl (C=O) groups excluding carboxylic acids is 2. The zero-order valence-corrected chi connectivity index (χ0v) is 16.4. The SMILES string of the molecule is COC(=O)C1=C(C)N([C@@H](C)c2ccccc2)C(=O)/C1=C\c1cccc(OC)c1.